The van der Waals surface area contributed by atoms with Crippen LogP contribution < -0.4 is 4.90 Å². The molecular formula is C12H18N2O2S. The lowest BCUT2D eigenvalue weighted by Crippen LogP contribution is -2.29. The predicted molar refractivity (Wildman–Crippen MR) is 68.7 cm³/mol. The first-order chi connectivity index (χ1) is 8.06. The average molecular weight is 254 g/mol. The van der Waals surface area contributed by atoms with Crippen LogP contribution in [0.5, 0.6) is 0 Å². The maximum atomic E-state index is 10.6. The Kier molecular flexibility index (Phi) is 3.66. The van der Waals surface area contributed by atoms with Crippen molar-refractivity contribution in [3.05, 3.63) is 11.1 Å². The third-order valence-corrected chi connectivity index (χ3v) is 3.59. The highest BCUT2D eigenvalue weighted by Gasteiger charge is 2.31. The minimum absolute atomic E-state index is 0.0245. The Morgan fingerprint density at radius 1 is 1.65 bits per heavy atom. The summed E-state index contributed by atoms with van der Waals surface area (Å²) in [6.07, 6.45) is 2.50. The van der Waals surface area contributed by atoms with Crippen molar-refractivity contribution in [2.75, 3.05) is 11.4 Å². The van der Waals surface area contributed by atoms with Crippen LogP contribution in [0.1, 0.15) is 32.4 Å². The Labute approximate surface area is 105 Å². The van der Waals surface area contributed by atoms with Gasteiger partial charge in [-0.15, -0.1) is 11.3 Å². The van der Waals surface area contributed by atoms with E-state index >= 15 is 0 Å². The molecule has 0 atom stereocenters. The van der Waals surface area contributed by atoms with Gasteiger partial charge in [-0.1, -0.05) is 13.8 Å². The predicted octanol–water partition coefficient (Wildman–Crippen LogP) is 2.40. The van der Waals surface area contributed by atoms with E-state index in [0.29, 0.717) is 17.7 Å². The standard InChI is InChI=1S/C12H18N2O2S/c1-8(2)6-14(10-3-4-10)12-13-9(7-17-12)5-11(15)16/h7-8,10H,3-6H2,1-2H3,(H,15,16). The van der Waals surface area contributed by atoms with Crippen molar-refractivity contribution >= 4 is 22.4 Å². The molecule has 4 nitrogen and oxygen atoms in total. The highest BCUT2D eigenvalue weighted by molar-refractivity contribution is 7.13. The molecule has 2 rings (SSSR count). The summed E-state index contributed by atoms with van der Waals surface area (Å²) in [6.45, 7) is 5.40. The molecule has 5 heteroatoms. The fourth-order valence-corrected chi connectivity index (χ4v) is 2.73. The van der Waals surface area contributed by atoms with E-state index in [1.54, 1.807) is 11.3 Å². The fraction of sp³-hybridized carbons (Fsp3) is 0.667. The Morgan fingerprint density at radius 3 is 2.88 bits per heavy atom. The topological polar surface area (TPSA) is 53.4 Å². The second-order valence-electron chi connectivity index (χ2n) is 4.97. The van der Waals surface area contributed by atoms with E-state index in [0.717, 1.165) is 11.7 Å². The maximum Gasteiger partial charge on any atom is 0.309 e. The highest BCUT2D eigenvalue weighted by atomic mass is 32.1. The second-order valence-corrected chi connectivity index (χ2v) is 5.81. The third-order valence-electron chi connectivity index (χ3n) is 2.67. The molecule has 1 saturated carbocycles. The van der Waals surface area contributed by atoms with Gasteiger partial charge < -0.3 is 10.0 Å². The van der Waals surface area contributed by atoms with Crippen molar-refractivity contribution in [1.29, 1.82) is 0 Å². The van der Waals surface area contributed by atoms with Crippen molar-refractivity contribution in [3.8, 4) is 0 Å². The highest BCUT2D eigenvalue weighted by Crippen LogP contribution is 2.34. The summed E-state index contributed by atoms with van der Waals surface area (Å²) in [5.41, 5.74) is 0.673. The van der Waals surface area contributed by atoms with E-state index in [1.165, 1.54) is 12.8 Å². The number of hydrogen-bond donors (Lipinski definition) is 1. The normalized spacial score (nSPS) is 15.2. The lowest BCUT2D eigenvalue weighted by molar-refractivity contribution is -0.136. The van der Waals surface area contributed by atoms with Crippen LogP contribution in [0, 0.1) is 5.92 Å². The van der Waals surface area contributed by atoms with Gasteiger partial charge in [0.15, 0.2) is 5.13 Å². The smallest absolute Gasteiger partial charge is 0.309 e. The molecule has 0 unspecified atom stereocenters. The van der Waals surface area contributed by atoms with Crippen molar-refractivity contribution in [2.24, 2.45) is 5.92 Å². The second kappa shape index (κ2) is 5.04. The molecule has 1 aromatic rings. The van der Waals surface area contributed by atoms with Gasteiger partial charge in [0, 0.05) is 18.0 Å². The largest absolute Gasteiger partial charge is 0.481 e. The first-order valence-corrected chi connectivity index (χ1v) is 6.87. The summed E-state index contributed by atoms with van der Waals surface area (Å²) in [4.78, 5) is 17.4. The Balaban J connectivity index is 2.07. The number of carbonyl (C=O) groups is 1. The van der Waals surface area contributed by atoms with Crippen LogP contribution in [0.3, 0.4) is 0 Å². The van der Waals surface area contributed by atoms with Gasteiger partial charge >= 0.3 is 5.97 Å². The zero-order chi connectivity index (χ0) is 12.4. The molecule has 0 spiro atoms. The summed E-state index contributed by atoms with van der Waals surface area (Å²) in [5.74, 6) is -0.217. The number of carboxylic acid groups (broad SMARTS) is 1. The van der Waals surface area contributed by atoms with Crippen LogP contribution in [0.15, 0.2) is 5.38 Å². The zero-order valence-electron chi connectivity index (χ0n) is 10.2. The monoisotopic (exact) mass is 254 g/mol. The number of anilines is 1. The van der Waals surface area contributed by atoms with E-state index in [2.05, 4.69) is 23.7 Å². The van der Waals surface area contributed by atoms with Crippen molar-refractivity contribution < 1.29 is 9.90 Å². The molecule has 1 aromatic heterocycles. The number of nitrogens with zero attached hydrogens (tertiary/aromatic N) is 2. The lowest BCUT2D eigenvalue weighted by Gasteiger charge is -2.23. The van der Waals surface area contributed by atoms with Gasteiger partial charge in [0.05, 0.1) is 12.1 Å². The summed E-state index contributed by atoms with van der Waals surface area (Å²) < 4.78 is 0. The summed E-state index contributed by atoms with van der Waals surface area (Å²) in [7, 11) is 0. The molecule has 94 valence electrons. The minimum atomic E-state index is -0.816. The molecule has 0 bridgehead atoms. The fourth-order valence-electron chi connectivity index (χ4n) is 1.83. The molecule has 1 fully saturated rings. The van der Waals surface area contributed by atoms with E-state index < -0.39 is 5.97 Å². The summed E-state index contributed by atoms with van der Waals surface area (Å²) >= 11 is 1.56. The van der Waals surface area contributed by atoms with Crippen LogP contribution in [0.2, 0.25) is 0 Å². The number of rotatable bonds is 6. The van der Waals surface area contributed by atoms with Crippen LogP contribution >= 0.6 is 11.3 Å². The Morgan fingerprint density at radius 2 is 2.35 bits per heavy atom. The van der Waals surface area contributed by atoms with E-state index in [4.69, 9.17) is 5.11 Å². The van der Waals surface area contributed by atoms with Crippen molar-refractivity contribution in [1.82, 2.24) is 4.98 Å². The van der Waals surface area contributed by atoms with Crippen molar-refractivity contribution in [3.63, 3.8) is 0 Å². The van der Waals surface area contributed by atoms with Gasteiger partial charge in [-0.25, -0.2) is 4.98 Å². The minimum Gasteiger partial charge on any atom is -0.481 e. The van der Waals surface area contributed by atoms with Gasteiger partial charge in [0.2, 0.25) is 0 Å². The van der Waals surface area contributed by atoms with Crippen molar-refractivity contribution in [2.45, 2.75) is 39.2 Å². The molecule has 1 N–H and O–H groups in total. The molecule has 1 aliphatic carbocycles. The number of thiazole rings is 1. The first kappa shape index (κ1) is 12.4. The molecule has 1 aliphatic rings. The quantitative estimate of drug-likeness (QED) is 0.847. The number of aromatic nitrogens is 1. The maximum absolute atomic E-state index is 10.6. The zero-order valence-corrected chi connectivity index (χ0v) is 11.0. The van der Waals surface area contributed by atoms with Gasteiger partial charge in [0.1, 0.15) is 0 Å². The molecule has 0 amide bonds. The van der Waals surface area contributed by atoms with E-state index in [-0.39, 0.29) is 6.42 Å². The number of aliphatic carboxylic acids is 1. The SMILES string of the molecule is CC(C)CN(c1nc(CC(=O)O)cs1)C1CC1. The number of hydrogen-bond acceptors (Lipinski definition) is 4. The lowest BCUT2D eigenvalue weighted by atomic mass is 10.2. The van der Waals surface area contributed by atoms with E-state index in [9.17, 15) is 4.79 Å². The number of carboxylic acids is 1. The molecule has 1 heterocycles. The molecular weight excluding hydrogens is 236 g/mol. The molecule has 0 aliphatic heterocycles. The molecule has 0 aromatic carbocycles. The first-order valence-electron chi connectivity index (χ1n) is 5.99. The third kappa shape index (κ3) is 3.43. The summed E-state index contributed by atoms with van der Waals surface area (Å²) in [6, 6.07) is 0.626. The Bertz CT molecular complexity index is 399. The van der Waals surface area contributed by atoms with Gasteiger partial charge in [-0.2, -0.15) is 0 Å². The molecule has 0 radical (unpaired) electrons. The van der Waals surface area contributed by atoms with E-state index in [1.807, 2.05) is 5.38 Å². The van der Waals surface area contributed by atoms with Gasteiger partial charge in [0.25, 0.3) is 0 Å². The summed E-state index contributed by atoms with van der Waals surface area (Å²) in [5, 5.41) is 11.6. The van der Waals surface area contributed by atoms with Crippen LogP contribution in [0.25, 0.3) is 0 Å². The molecule has 17 heavy (non-hydrogen) atoms. The van der Waals surface area contributed by atoms with Crippen LogP contribution in [-0.2, 0) is 11.2 Å². The van der Waals surface area contributed by atoms with Crippen LogP contribution in [-0.4, -0.2) is 28.6 Å². The molecule has 0 saturated heterocycles. The average Bonchev–Trinajstić information content (AvgIpc) is 2.95. The van der Waals surface area contributed by atoms with Gasteiger partial charge in [-0.05, 0) is 18.8 Å². The van der Waals surface area contributed by atoms with Crippen LogP contribution in [0.4, 0.5) is 5.13 Å². The van der Waals surface area contributed by atoms with Gasteiger partial charge in [-0.3, -0.25) is 4.79 Å². The Hall–Kier alpha value is -1.10.